The van der Waals surface area contributed by atoms with E-state index in [-0.39, 0.29) is 4.90 Å². The molecule has 1 aromatic rings. The number of thiol groups is 1. The summed E-state index contributed by atoms with van der Waals surface area (Å²) in [6.07, 6.45) is 1.52. The van der Waals surface area contributed by atoms with Gasteiger partial charge in [0, 0.05) is 13.2 Å². The van der Waals surface area contributed by atoms with Gasteiger partial charge in [-0.25, -0.2) is 13.2 Å². The average Bonchev–Trinajstić information content (AvgIpc) is 2.30. The van der Waals surface area contributed by atoms with Gasteiger partial charge in [0.2, 0.25) is 0 Å². The number of esters is 1. The van der Waals surface area contributed by atoms with Gasteiger partial charge < -0.3 is 10.1 Å². The third-order valence-corrected chi connectivity index (χ3v) is 2.66. The zero-order valence-corrected chi connectivity index (χ0v) is 10.4. The molecule has 0 heterocycles. The second-order valence-corrected chi connectivity index (χ2v) is 4.29. The van der Waals surface area contributed by atoms with Gasteiger partial charge >= 0.3 is 5.97 Å². The largest absolute Gasteiger partial charge is 0.423 e. The fourth-order valence-electron chi connectivity index (χ4n) is 1.10. The van der Waals surface area contributed by atoms with Gasteiger partial charge in [-0.1, -0.05) is 0 Å². The number of benzene rings is 1. The van der Waals surface area contributed by atoms with Crippen LogP contribution in [0.2, 0.25) is 0 Å². The predicted molar refractivity (Wildman–Crippen MR) is 63.5 cm³/mol. The Morgan fingerprint density at radius 1 is 1.29 bits per heavy atom. The Balaban J connectivity index is 2.76. The maximum Gasteiger partial charge on any atom is 0.340 e. The number of carbonyl (C=O) groups is 1. The van der Waals surface area contributed by atoms with Crippen molar-refractivity contribution in [1.29, 1.82) is 0 Å². The molecule has 0 unspecified atom stereocenters. The van der Waals surface area contributed by atoms with Gasteiger partial charge in [-0.05, 0) is 31.2 Å². The molecular weight excluding hydrogens is 242 g/mol. The Morgan fingerprint density at radius 3 is 2.35 bits per heavy atom. The molecule has 5 nitrogen and oxygen atoms in total. The van der Waals surface area contributed by atoms with E-state index in [9.17, 15) is 13.2 Å². The van der Waals surface area contributed by atoms with E-state index in [2.05, 4.69) is 5.32 Å². The topological polar surface area (TPSA) is 72.5 Å². The Morgan fingerprint density at radius 2 is 1.88 bits per heavy atom. The minimum atomic E-state index is -2.61. The number of carbonyl (C=O) groups excluding carboxylic acids is 1. The molecule has 0 aromatic heterocycles. The third kappa shape index (κ3) is 3.92. The molecule has 0 radical (unpaired) electrons. The fraction of sp³-hybridized carbons (Fsp3) is 0.182. The molecule has 0 aliphatic rings. The highest BCUT2D eigenvalue weighted by atomic mass is 32.2. The quantitative estimate of drug-likeness (QED) is 0.358. The average molecular weight is 255 g/mol. The minimum absolute atomic E-state index is 0.183. The van der Waals surface area contributed by atoms with Crippen molar-refractivity contribution in [3.63, 3.8) is 0 Å². The summed E-state index contributed by atoms with van der Waals surface area (Å²) in [5.74, 6) is -0.182. The first-order chi connectivity index (χ1) is 8.04. The molecule has 1 N–H and O–H groups in total. The molecule has 0 atom stereocenters. The first kappa shape index (κ1) is 13.2. The van der Waals surface area contributed by atoms with Crippen LogP contribution in [0.3, 0.4) is 0 Å². The van der Waals surface area contributed by atoms with E-state index in [0.717, 1.165) is 0 Å². The third-order valence-electron chi connectivity index (χ3n) is 1.94. The van der Waals surface area contributed by atoms with Crippen molar-refractivity contribution in [2.45, 2.75) is 11.8 Å². The highest BCUT2D eigenvalue weighted by Gasteiger charge is 2.07. The molecule has 92 valence electrons. The van der Waals surface area contributed by atoms with Crippen molar-refractivity contribution in [2.75, 3.05) is 7.05 Å². The summed E-state index contributed by atoms with van der Waals surface area (Å²) in [5, 5.41) is 2.72. The van der Waals surface area contributed by atoms with Crippen LogP contribution in [0.4, 0.5) is 0 Å². The first-order valence-corrected chi connectivity index (χ1v) is 6.03. The van der Waals surface area contributed by atoms with Crippen LogP contribution in [-0.4, -0.2) is 21.4 Å². The van der Waals surface area contributed by atoms with E-state index < -0.39 is 16.7 Å². The van der Waals surface area contributed by atoms with Gasteiger partial charge in [-0.15, -0.1) is 0 Å². The van der Waals surface area contributed by atoms with E-state index in [1.54, 1.807) is 14.0 Å². The van der Waals surface area contributed by atoms with E-state index in [1.165, 1.54) is 30.5 Å². The van der Waals surface area contributed by atoms with Crippen LogP contribution in [0.25, 0.3) is 0 Å². The monoisotopic (exact) mass is 255 g/mol. The van der Waals surface area contributed by atoms with E-state index >= 15 is 0 Å². The highest BCUT2D eigenvalue weighted by Crippen LogP contribution is 2.14. The van der Waals surface area contributed by atoms with Crippen LogP contribution in [0, 0.1) is 0 Å². The van der Waals surface area contributed by atoms with Crippen LogP contribution in [0.15, 0.2) is 40.9 Å². The lowest BCUT2D eigenvalue weighted by Crippen LogP contribution is -2.11. The number of ether oxygens (including phenoxy) is 1. The molecular formula is C11H13NO4S. The van der Waals surface area contributed by atoms with Crippen molar-refractivity contribution < 1.29 is 17.9 Å². The Kier molecular flexibility index (Phi) is 4.71. The summed E-state index contributed by atoms with van der Waals surface area (Å²) >= 11 is 0. The van der Waals surface area contributed by atoms with Crippen molar-refractivity contribution in [1.82, 2.24) is 5.32 Å². The molecule has 1 rings (SSSR count). The zero-order valence-electron chi connectivity index (χ0n) is 9.47. The SMILES string of the molecule is CNC=C(C)C(=O)Oc1ccc([SH](=O)=O)cc1. The van der Waals surface area contributed by atoms with Crippen LogP contribution < -0.4 is 10.1 Å². The van der Waals surface area contributed by atoms with Crippen LogP contribution in [0.5, 0.6) is 5.75 Å². The molecule has 1 aromatic carbocycles. The highest BCUT2D eigenvalue weighted by molar-refractivity contribution is 7.72. The lowest BCUT2D eigenvalue weighted by molar-refractivity contribution is -0.130. The van der Waals surface area contributed by atoms with Crippen molar-refractivity contribution >= 4 is 16.7 Å². The summed E-state index contributed by atoms with van der Waals surface area (Å²) < 4.78 is 26.3. The molecule has 0 aliphatic heterocycles. The van der Waals surface area contributed by atoms with E-state index in [0.29, 0.717) is 11.3 Å². The van der Waals surface area contributed by atoms with Crippen LogP contribution in [0.1, 0.15) is 6.92 Å². The molecule has 0 amide bonds. The fourth-order valence-corrected chi connectivity index (χ4v) is 1.49. The maximum absolute atomic E-state index is 11.5. The summed E-state index contributed by atoms with van der Waals surface area (Å²) in [6.45, 7) is 1.61. The molecule has 0 bridgehead atoms. The van der Waals surface area contributed by atoms with Crippen LogP contribution in [-0.2, 0) is 15.5 Å². The van der Waals surface area contributed by atoms with Gasteiger partial charge in [0.15, 0.2) is 10.7 Å². The van der Waals surface area contributed by atoms with E-state index in [1.807, 2.05) is 0 Å². The molecule has 0 aliphatic carbocycles. The summed E-state index contributed by atoms with van der Waals surface area (Å²) in [4.78, 5) is 11.7. The molecule has 0 saturated heterocycles. The maximum atomic E-state index is 11.5. The Labute approximate surface area is 101 Å². The second-order valence-electron chi connectivity index (χ2n) is 3.26. The van der Waals surface area contributed by atoms with Gasteiger partial charge in [0.25, 0.3) is 0 Å². The summed E-state index contributed by atoms with van der Waals surface area (Å²) in [6, 6.07) is 5.63. The molecule has 0 saturated carbocycles. The van der Waals surface area contributed by atoms with Crippen molar-refractivity contribution in [3.8, 4) is 5.75 Å². The van der Waals surface area contributed by atoms with Crippen LogP contribution >= 0.6 is 0 Å². The second kappa shape index (κ2) is 6.05. The van der Waals surface area contributed by atoms with Crippen molar-refractivity contribution in [2.24, 2.45) is 0 Å². The normalized spacial score (nSPS) is 11.4. The Hall–Kier alpha value is -1.82. The number of hydrogen-bond donors (Lipinski definition) is 2. The van der Waals surface area contributed by atoms with Gasteiger partial charge in [-0.3, -0.25) is 0 Å². The van der Waals surface area contributed by atoms with Gasteiger partial charge in [-0.2, -0.15) is 0 Å². The number of rotatable bonds is 4. The van der Waals surface area contributed by atoms with Crippen molar-refractivity contribution in [3.05, 3.63) is 36.0 Å². The zero-order chi connectivity index (χ0) is 12.8. The molecule has 0 spiro atoms. The Bertz CT molecular complexity index is 495. The lowest BCUT2D eigenvalue weighted by Gasteiger charge is -2.04. The van der Waals surface area contributed by atoms with Gasteiger partial charge in [0.1, 0.15) is 5.75 Å². The predicted octanol–water partition coefficient (Wildman–Crippen LogP) is 0.686. The van der Waals surface area contributed by atoms with E-state index in [4.69, 9.17) is 4.74 Å². The summed E-state index contributed by atoms with van der Waals surface area (Å²) in [7, 11) is -0.931. The molecule has 6 heteroatoms. The smallest absolute Gasteiger partial charge is 0.340 e. The first-order valence-electron chi connectivity index (χ1n) is 4.85. The molecule has 0 fully saturated rings. The summed E-state index contributed by atoms with van der Waals surface area (Å²) in [5.41, 5.74) is 0.423. The van der Waals surface area contributed by atoms with Gasteiger partial charge in [0.05, 0.1) is 10.5 Å². The minimum Gasteiger partial charge on any atom is -0.423 e. The molecule has 17 heavy (non-hydrogen) atoms. The number of hydrogen-bond acceptors (Lipinski definition) is 5. The lowest BCUT2D eigenvalue weighted by atomic mass is 10.3. The number of nitrogens with one attached hydrogen (secondary N) is 1. The standard InChI is InChI=1S/C11H13NO4S/c1-8(7-12-2)11(13)16-9-3-5-10(6-4-9)17(14)15/h3-7,12,17H,1-2H3.